The highest BCUT2D eigenvalue weighted by Crippen LogP contribution is 2.24. The highest BCUT2D eigenvalue weighted by molar-refractivity contribution is 6.30. The van der Waals surface area contributed by atoms with Crippen LogP contribution in [0.5, 0.6) is 5.75 Å². The van der Waals surface area contributed by atoms with Gasteiger partial charge in [-0.1, -0.05) is 11.6 Å². The molecule has 0 atom stereocenters. The molecule has 1 aromatic rings. The molecule has 4 nitrogen and oxygen atoms in total. The molecule has 0 radical (unpaired) electrons. The molecule has 0 aliphatic carbocycles. The van der Waals surface area contributed by atoms with E-state index in [2.05, 4.69) is 10.1 Å². The van der Waals surface area contributed by atoms with E-state index in [1.54, 1.807) is 0 Å². The minimum atomic E-state index is -2.93. The summed E-state index contributed by atoms with van der Waals surface area (Å²) in [5.41, 5.74) is 5.60. The summed E-state index contributed by atoms with van der Waals surface area (Å²) < 4.78 is 28.6. The highest BCUT2D eigenvalue weighted by atomic mass is 35.5. The van der Waals surface area contributed by atoms with E-state index in [1.807, 2.05) is 0 Å². The Hall–Kier alpha value is -1.40. The number of nitrogens with one attached hydrogen (secondary N) is 1. The number of ether oxygens (including phenoxy) is 1. The van der Waals surface area contributed by atoms with Crippen LogP contribution in [-0.4, -0.2) is 19.1 Å². The average molecular weight is 279 g/mol. The minimum absolute atomic E-state index is 0.0116. The second kappa shape index (κ2) is 7.13. The van der Waals surface area contributed by atoms with Crippen LogP contribution in [0.2, 0.25) is 5.02 Å². The molecule has 0 spiro atoms. The van der Waals surface area contributed by atoms with Gasteiger partial charge in [0.2, 0.25) is 5.91 Å². The summed E-state index contributed by atoms with van der Waals surface area (Å²) >= 11 is 5.75. The Bertz CT molecular complexity index is 416. The van der Waals surface area contributed by atoms with Gasteiger partial charge >= 0.3 is 6.61 Å². The lowest BCUT2D eigenvalue weighted by atomic mass is 10.2. The predicted octanol–water partition coefficient (Wildman–Crippen LogP) is 1.91. The summed E-state index contributed by atoms with van der Waals surface area (Å²) in [5, 5.41) is 2.91. The number of hydrogen-bond donors (Lipinski definition) is 2. The fraction of sp³-hybridized carbons (Fsp3) is 0.364. The second-order valence-electron chi connectivity index (χ2n) is 3.45. The Morgan fingerprint density at radius 1 is 1.50 bits per heavy atom. The number of amides is 1. The molecule has 0 aromatic heterocycles. The number of nitrogens with two attached hydrogens (primary N) is 1. The van der Waals surface area contributed by atoms with E-state index in [-0.39, 0.29) is 31.2 Å². The van der Waals surface area contributed by atoms with Crippen molar-refractivity contribution in [3.63, 3.8) is 0 Å². The molecule has 0 unspecified atom stereocenters. The van der Waals surface area contributed by atoms with Crippen molar-refractivity contribution >= 4 is 17.5 Å². The highest BCUT2D eigenvalue weighted by Gasteiger charge is 2.11. The summed E-state index contributed by atoms with van der Waals surface area (Å²) in [5.74, 6) is -0.275. The number of halogens is 3. The Kier molecular flexibility index (Phi) is 5.80. The normalized spacial score (nSPS) is 10.5. The first-order valence-electron chi connectivity index (χ1n) is 5.23. The van der Waals surface area contributed by atoms with Crippen molar-refractivity contribution in [2.75, 3.05) is 6.54 Å². The van der Waals surface area contributed by atoms with E-state index in [9.17, 15) is 13.6 Å². The zero-order chi connectivity index (χ0) is 13.5. The zero-order valence-corrected chi connectivity index (χ0v) is 10.2. The number of carbonyl (C=O) groups is 1. The number of alkyl halides is 2. The first kappa shape index (κ1) is 14.7. The lowest BCUT2D eigenvalue weighted by Gasteiger charge is -2.11. The summed E-state index contributed by atoms with van der Waals surface area (Å²) in [4.78, 5) is 11.2. The summed E-state index contributed by atoms with van der Waals surface area (Å²) in [6.07, 6.45) is 0.172. The molecular weight excluding hydrogens is 266 g/mol. The van der Waals surface area contributed by atoms with Crippen LogP contribution in [0.15, 0.2) is 18.2 Å². The summed E-state index contributed by atoms with van der Waals surface area (Å²) in [6.45, 7) is -2.65. The van der Waals surface area contributed by atoms with Crippen molar-refractivity contribution < 1.29 is 18.3 Å². The molecule has 3 N–H and O–H groups in total. The molecule has 1 amide bonds. The van der Waals surface area contributed by atoms with Gasteiger partial charge in [-0.15, -0.1) is 0 Å². The van der Waals surface area contributed by atoms with Crippen molar-refractivity contribution in [3.05, 3.63) is 28.8 Å². The molecule has 0 bridgehead atoms. The van der Waals surface area contributed by atoms with Crippen LogP contribution in [0.1, 0.15) is 12.0 Å². The van der Waals surface area contributed by atoms with Gasteiger partial charge in [0.25, 0.3) is 0 Å². The molecule has 1 rings (SSSR count). The lowest BCUT2D eigenvalue weighted by Crippen LogP contribution is -2.25. The number of benzene rings is 1. The van der Waals surface area contributed by atoms with E-state index in [4.69, 9.17) is 17.3 Å². The maximum atomic E-state index is 12.2. The average Bonchev–Trinajstić information content (AvgIpc) is 2.29. The maximum Gasteiger partial charge on any atom is 0.387 e. The molecule has 0 saturated carbocycles. The molecule has 0 saturated heterocycles. The smallest absolute Gasteiger partial charge is 0.387 e. The quantitative estimate of drug-likeness (QED) is 0.835. The van der Waals surface area contributed by atoms with Crippen LogP contribution < -0.4 is 15.8 Å². The van der Waals surface area contributed by atoms with Gasteiger partial charge in [-0.3, -0.25) is 4.79 Å². The van der Waals surface area contributed by atoms with Gasteiger partial charge in [0.1, 0.15) is 5.75 Å². The van der Waals surface area contributed by atoms with Crippen LogP contribution in [0.25, 0.3) is 0 Å². The van der Waals surface area contributed by atoms with Crippen LogP contribution >= 0.6 is 11.6 Å². The van der Waals surface area contributed by atoms with Crippen LogP contribution in [0.4, 0.5) is 8.78 Å². The number of rotatable bonds is 6. The molecule has 0 fully saturated rings. The van der Waals surface area contributed by atoms with Crippen LogP contribution in [0.3, 0.4) is 0 Å². The van der Waals surface area contributed by atoms with Crippen molar-refractivity contribution in [1.82, 2.24) is 5.32 Å². The fourth-order valence-corrected chi connectivity index (χ4v) is 1.51. The third-order valence-electron chi connectivity index (χ3n) is 2.09. The first-order chi connectivity index (χ1) is 8.52. The van der Waals surface area contributed by atoms with Crippen molar-refractivity contribution in [1.29, 1.82) is 0 Å². The van der Waals surface area contributed by atoms with Gasteiger partial charge in [-0.25, -0.2) is 0 Å². The minimum Gasteiger partial charge on any atom is -0.434 e. The molecule has 0 aliphatic heterocycles. The van der Waals surface area contributed by atoms with E-state index < -0.39 is 6.61 Å². The number of hydrogen-bond acceptors (Lipinski definition) is 3. The SMILES string of the molecule is NCCC(=O)NCc1cc(Cl)ccc1OC(F)F. The van der Waals surface area contributed by atoms with E-state index in [0.29, 0.717) is 10.6 Å². The third kappa shape index (κ3) is 4.85. The van der Waals surface area contributed by atoms with Crippen molar-refractivity contribution in [2.45, 2.75) is 19.6 Å². The van der Waals surface area contributed by atoms with Gasteiger partial charge in [-0.05, 0) is 18.2 Å². The van der Waals surface area contributed by atoms with Gasteiger partial charge in [0, 0.05) is 30.1 Å². The van der Waals surface area contributed by atoms with E-state index >= 15 is 0 Å². The first-order valence-corrected chi connectivity index (χ1v) is 5.60. The molecule has 7 heteroatoms. The summed E-state index contributed by atoms with van der Waals surface area (Å²) in [6, 6.07) is 4.23. The Balaban J connectivity index is 2.72. The Morgan fingerprint density at radius 3 is 2.83 bits per heavy atom. The second-order valence-corrected chi connectivity index (χ2v) is 3.88. The monoisotopic (exact) mass is 278 g/mol. The van der Waals surface area contributed by atoms with E-state index in [1.165, 1.54) is 18.2 Å². The predicted molar refractivity (Wildman–Crippen MR) is 63.6 cm³/mol. The van der Waals surface area contributed by atoms with E-state index in [0.717, 1.165) is 0 Å². The van der Waals surface area contributed by atoms with Crippen molar-refractivity contribution in [3.8, 4) is 5.75 Å². The van der Waals surface area contributed by atoms with Gasteiger partial charge in [0.15, 0.2) is 0 Å². The molecule has 100 valence electrons. The van der Waals surface area contributed by atoms with Crippen LogP contribution in [0, 0.1) is 0 Å². The fourth-order valence-electron chi connectivity index (χ4n) is 1.31. The van der Waals surface area contributed by atoms with Gasteiger partial charge < -0.3 is 15.8 Å². The standard InChI is InChI=1S/C11H13ClF2N2O2/c12-8-1-2-9(18-11(13)14)7(5-8)6-16-10(17)3-4-15/h1-2,5,11H,3-4,6,15H2,(H,16,17). The summed E-state index contributed by atoms with van der Waals surface area (Å²) in [7, 11) is 0. The van der Waals surface area contributed by atoms with Crippen LogP contribution in [-0.2, 0) is 11.3 Å². The molecule has 18 heavy (non-hydrogen) atoms. The molecular formula is C11H13ClF2N2O2. The Morgan fingerprint density at radius 2 is 2.22 bits per heavy atom. The lowest BCUT2D eigenvalue weighted by molar-refractivity contribution is -0.121. The maximum absolute atomic E-state index is 12.2. The largest absolute Gasteiger partial charge is 0.434 e. The van der Waals surface area contributed by atoms with Crippen molar-refractivity contribution in [2.24, 2.45) is 5.73 Å². The third-order valence-corrected chi connectivity index (χ3v) is 2.32. The number of carbonyl (C=O) groups excluding carboxylic acids is 1. The topological polar surface area (TPSA) is 64.4 Å². The zero-order valence-electron chi connectivity index (χ0n) is 9.46. The molecule has 1 aromatic carbocycles. The molecule has 0 aliphatic rings. The van der Waals surface area contributed by atoms with Gasteiger partial charge in [-0.2, -0.15) is 8.78 Å². The Labute approximate surface area is 108 Å². The van der Waals surface area contributed by atoms with Gasteiger partial charge in [0.05, 0.1) is 0 Å². The molecule has 0 heterocycles.